The van der Waals surface area contributed by atoms with Gasteiger partial charge in [-0.3, -0.25) is 0 Å². The van der Waals surface area contributed by atoms with Crippen LogP contribution in [0.15, 0.2) is 18.2 Å². The van der Waals surface area contributed by atoms with Crippen molar-refractivity contribution in [3.63, 3.8) is 0 Å². The lowest BCUT2D eigenvalue weighted by molar-refractivity contribution is 0.906. The molecule has 0 saturated heterocycles. The van der Waals surface area contributed by atoms with Crippen LogP contribution in [0.4, 0.5) is 0 Å². The number of halogens is 1. The first-order valence-corrected chi connectivity index (χ1v) is 4.73. The maximum atomic E-state index is 9.00. The third kappa shape index (κ3) is 1.43. The number of nitriles is 1. The van der Waals surface area contributed by atoms with E-state index in [2.05, 4.69) is 12.1 Å². The van der Waals surface area contributed by atoms with Gasteiger partial charge in [-0.25, -0.2) is 0 Å². The molecule has 1 nitrogen and oxygen atoms in total. The van der Waals surface area contributed by atoms with Crippen LogP contribution in [0, 0.1) is 18.3 Å². The molecule has 0 radical (unpaired) electrons. The van der Waals surface area contributed by atoms with Crippen molar-refractivity contribution in [1.82, 2.24) is 0 Å². The molecular weight excluding hydrogens is 182 g/mol. The lowest BCUT2D eigenvalue weighted by atomic mass is 9.96. The van der Waals surface area contributed by atoms with Gasteiger partial charge in [0.15, 0.2) is 0 Å². The molecular formula is C11H10ClN. The molecule has 66 valence electrons. The van der Waals surface area contributed by atoms with Crippen LogP contribution >= 0.6 is 11.6 Å². The first-order valence-electron chi connectivity index (χ1n) is 4.35. The number of rotatable bonds is 1. The molecule has 2 heteroatoms. The van der Waals surface area contributed by atoms with Crippen LogP contribution in [0.25, 0.3) is 0 Å². The number of hydrogen-bond acceptors (Lipinski definition) is 1. The summed E-state index contributed by atoms with van der Waals surface area (Å²) in [5.74, 6) is 0. The van der Waals surface area contributed by atoms with Crippen LogP contribution in [0.5, 0.6) is 0 Å². The normalized spacial score (nSPS) is 17.9. The Balaban J connectivity index is 2.48. The fraction of sp³-hybridized carbons (Fsp3) is 0.364. The van der Waals surface area contributed by atoms with E-state index in [1.165, 1.54) is 0 Å². The first kappa shape index (κ1) is 8.59. The van der Waals surface area contributed by atoms with Gasteiger partial charge in [0.25, 0.3) is 0 Å². The van der Waals surface area contributed by atoms with E-state index in [-0.39, 0.29) is 5.41 Å². The smallest absolute Gasteiger partial charge is 0.0824 e. The van der Waals surface area contributed by atoms with Crippen molar-refractivity contribution in [2.75, 3.05) is 0 Å². The Morgan fingerprint density at radius 1 is 1.38 bits per heavy atom. The van der Waals surface area contributed by atoms with Gasteiger partial charge < -0.3 is 0 Å². The molecule has 0 atom stereocenters. The summed E-state index contributed by atoms with van der Waals surface area (Å²) < 4.78 is 0. The Hall–Kier alpha value is -1.00. The lowest BCUT2D eigenvalue weighted by Gasteiger charge is -2.07. The van der Waals surface area contributed by atoms with E-state index in [1.54, 1.807) is 0 Å². The van der Waals surface area contributed by atoms with Crippen molar-refractivity contribution < 1.29 is 0 Å². The molecule has 1 aliphatic carbocycles. The molecule has 1 aromatic carbocycles. The van der Waals surface area contributed by atoms with Crippen molar-refractivity contribution in [3.05, 3.63) is 34.3 Å². The summed E-state index contributed by atoms with van der Waals surface area (Å²) in [6, 6.07) is 8.24. The second-order valence-corrected chi connectivity index (χ2v) is 4.15. The highest BCUT2D eigenvalue weighted by molar-refractivity contribution is 6.30. The summed E-state index contributed by atoms with van der Waals surface area (Å²) in [6.45, 7) is 2.00. The molecule has 13 heavy (non-hydrogen) atoms. The molecule has 0 aliphatic heterocycles. The fourth-order valence-electron chi connectivity index (χ4n) is 1.60. The van der Waals surface area contributed by atoms with E-state index < -0.39 is 0 Å². The molecule has 1 saturated carbocycles. The Kier molecular flexibility index (Phi) is 1.82. The van der Waals surface area contributed by atoms with E-state index in [4.69, 9.17) is 16.9 Å². The highest BCUT2D eigenvalue weighted by atomic mass is 35.5. The third-order valence-corrected chi connectivity index (χ3v) is 2.78. The summed E-state index contributed by atoms with van der Waals surface area (Å²) in [5, 5.41) is 9.73. The third-order valence-electron chi connectivity index (χ3n) is 2.56. The van der Waals surface area contributed by atoms with Crippen LogP contribution < -0.4 is 0 Å². The minimum Gasteiger partial charge on any atom is -0.197 e. The predicted octanol–water partition coefficient (Wildman–Crippen LogP) is 3.20. The molecule has 0 bridgehead atoms. The zero-order valence-electron chi connectivity index (χ0n) is 7.47. The maximum absolute atomic E-state index is 9.00. The number of nitrogens with zero attached hydrogens (tertiary/aromatic N) is 1. The number of hydrogen-bond donors (Lipinski definition) is 0. The summed E-state index contributed by atoms with van der Waals surface area (Å²) in [5.41, 5.74) is 2.00. The van der Waals surface area contributed by atoms with Crippen LogP contribution in [-0.2, 0) is 5.41 Å². The molecule has 0 amide bonds. The number of aryl methyl sites for hydroxylation is 1. The zero-order chi connectivity index (χ0) is 9.47. The first-order chi connectivity index (χ1) is 6.16. The van der Waals surface area contributed by atoms with Gasteiger partial charge in [0.1, 0.15) is 0 Å². The Morgan fingerprint density at radius 2 is 2.08 bits per heavy atom. The van der Waals surface area contributed by atoms with Crippen LogP contribution in [0.2, 0.25) is 5.02 Å². The van der Waals surface area contributed by atoms with Crippen molar-refractivity contribution in [3.8, 4) is 6.07 Å². The molecule has 1 fully saturated rings. The van der Waals surface area contributed by atoms with Gasteiger partial charge in [-0.2, -0.15) is 5.26 Å². The summed E-state index contributed by atoms with van der Waals surface area (Å²) in [7, 11) is 0. The maximum Gasteiger partial charge on any atom is 0.0824 e. The number of benzene rings is 1. The van der Waals surface area contributed by atoms with Gasteiger partial charge >= 0.3 is 0 Å². The van der Waals surface area contributed by atoms with Crippen LogP contribution in [0.3, 0.4) is 0 Å². The van der Waals surface area contributed by atoms with Gasteiger partial charge in [-0.1, -0.05) is 17.7 Å². The van der Waals surface area contributed by atoms with Crippen molar-refractivity contribution in [2.45, 2.75) is 25.2 Å². The highest BCUT2D eigenvalue weighted by Gasteiger charge is 2.44. The standard InChI is InChI=1S/C11H10ClN/c1-8-4-9(6-10(12)5-8)11(7-13)2-3-11/h4-6H,2-3H2,1H3. The molecule has 0 heterocycles. The van der Waals surface area contributed by atoms with E-state index >= 15 is 0 Å². The largest absolute Gasteiger partial charge is 0.197 e. The monoisotopic (exact) mass is 191 g/mol. The molecule has 1 aromatic rings. The minimum atomic E-state index is -0.213. The molecule has 1 aliphatic rings. The lowest BCUT2D eigenvalue weighted by Crippen LogP contribution is -2.02. The predicted molar refractivity (Wildman–Crippen MR) is 52.7 cm³/mol. The molecule has 0 N–H and O–H groups in total. The van der Waals surface area contributed by atoms with Gasteiger partial charge in [0, 0.05) is 5.02 Å². The van der Waals surface area contributed by atoms with E-state index in [9.17, 15) is 0 Å². The van der Waals surface area contributed by atoms with Gasteiger partial charge in [-0.05, 0) is 43.0 Å². The van der Waals surface area contributed by atoms with Gasteiger partial charge in [-0.15, -0.1) is 0 Å². The van der Waals surface area contributed by atoms with Crippen molar-refractivity contribution in [2.24, 2.45) is 0 Å². The summed E-state index contributed by atoms with van der Waals surface area (Å²) in [6.07, 6.45) is 1.95. The second kappa shape index (κ2) is 2.75. The average Bonchev–Trinajstić information content (AvgIpc) is 2.82. The van der Waals surface area contributed by atoms with Gasteiger partial charge in [0.2, 0.25) is 0 Å². The Bertz CT molecular complexity index is 365. The Morgan fingerprint density at radius 3 is 2.54 bits per heavy atom. The Labute approximate surface area is 82.9 Å². The van der Waals surface area contributed by atoms with Crippen LogP contribution in [0.1, 0.15) is 24.0 Å². The molecule has 0 unspecified atom stereocenters. The molecule has 0 aromatic heterocycles. The highest BCUT2D eigenvalue weighted by Crippen LogP contribution is 2.48. The SMILES string of the molecule is Cc1cc(Cl)cc(C2(C#N)CC2)c1. The van der Waals surface area contributed by atoms with E-state index in [0.29, 0.717) is 0 Å². The molecule has 0 spiro atoms. The minimum absolute atomic E-state index is 0.213. The molecule has 2 rings (SSSR count). The van der Waals surface area contributed by atoms with Crippen molar-refractivity contribution in [1.29, 1.82) is 5.26 Å². The van der Waals surface area contributed by atoms with Gasteiger partial charge in [0.05, 0.1) is 11.5 Å². The van der Waals surface area contributed by atoms with Crippen LogP contribution in [-0.4, -0.2) is 0 Å². The van der Waals surface area contributed by atoms with E-state index in [1.807, 2.05) is 19.1 Å². The quantitative estimate of drug-likeness (QED) is 0.669. The second-order valence-electron chi connectivity index (χ2n) is 3.71. The summed E-state index contributed by atoms with van der Waals surface area (Å²) >= 11 is 5.93. The van der Waals surface area contributed by atoms with Crippen molar-refractivity contribution >= 4 is 11.6 Å². The average molecular weight is 192 g/mol. The fourth-order valence-corrected chi connectivity index (χ4v) is 1.89. The van der Waals surface area contributed by atoms with E-state index in [0.717, 1.165) is 29.0 Å². The zero-order valence-corrected chi connectivity index (χ0v) is 8.23. The topological polar surface area (TPSA) is 23.8 Å². The summed E-state index contributed by atoms with van der Waals surface area (Å²) in [4.78, 5) is 0.